The summed E-state index contributed by atoms with van der Waals surface area (Å²) in [4.78, 5) is 16.7. The van der Waals surface area contributed by atoms with Crippen molar-refractivity contribution < 1.29 is 9.18 Å². The fourth-order valence-corrected chi connectivity index (χ4v) is 4.66. The van der Waals surface area contributed by atoms with E-state index >= 15 is 0 Å². The van der Waals surface area contributed by atoms with E-state index in [4.69, 9.17) is 23.2 Å². The van der Waals surface area contributed by atoms with Crippen molar-refractivity contribution in [3.63, 3.8) is 0 Å². The van der Waals surface area contributed by atoms with Gasteiger partial charge in [-0.3, -0.25) is 4.79 Å². The van der Waals surface area contributed by atoms with E-state index in [2.05, 4.69) is 4.90 Å². The second-order valence-corrected chi connectivity index (χ2v) is 9.06. The number of hydrogen-bond donors (Lipinski definition) is 0. The maximum Gasteiger partial charge on any atom is 0.229 e. The fraction of sp³-hybridized carbons (Fsp3) is 0.375. The van der Waals surface area contributed by atoms with Crippen LogP contribution in [-0.4, -0.2) is 38.0 Å². The molecule has 0 spiro atoms. The number of likely N-dealkylation sites (N-methyl/N-ethyl adjacent to an activating group) is 1. The van der Waals surface area contributed by atoms with Crippen molar-refractivity contribution in [2.75, 3.05) is 32.1 Å². The fourth-order valence-electron chi connectivity index (χ4n) is 3.95. The van der Waals surface area contributed by atoms with Crippen molar-refractivity contribution in [1.29, 1.82) is 0 Å². The molecule has 1 heterocycles. The molecule has 0 unspecified atom stereocenters. The first-order valence-corrected chi connectivity index (χ1v) is 10.9. The second kappa shape index (κ2) is 11.3. The highest BCUT2D eigenvalue weighted by molar-refractivity contribution is 6.40. The van der Waals surface area contributed by atoms with Gasteiger partial charge >= 0.3 is 0 Å². The molecular weight excluding hydrogens is 458 g/mol. The average Bonchev–Trinajstić information content (AvgIpc) is 2.66. The van der Waals surface area contributed by atoms with Gasteiger partial charge in [-0.15, -0.1) is 12.4 Å². The summed E-state index contributed by atoms with van der Waals surface area (Å²) in [5.41, 5.74) is 2.09. The molecule has 31 heavy (non-hydrogen) atoms. The van der Waals surface area contributed by atoms with E-state index in [9.17, 15) is 9.18 Å². The van der Waals surface area contributed by atoms with Crippen LogP contribution in [-0.2, 0) is 11.2 Å². The zero-order valence-corrected chi connectivity index (χ0v) is 20.3. The highest BCUT2D eigenvalue weighted by Gasteiger charge is 2.34. The van der Waals surface area contributed by atoms with Gasteiger partial charge in [0.25, 0.3) is 0 Å². The van der Waals surface area contributed by atoms with Crippen molar-refractivity contribution in [3.8, 4) is 0 Å². The Bertz CT molecular complexity index is 925. The van der Waals surface area contributed by atoms with E-state index in [0.29, 0.717) is 40.7 Å². The highest BCUT2D eigenvalue weighted by atomic mass is 35.5. The first-order chi connectivity index (χ1) is 14.3. The van der Waals surface area contributed by atoms with Gasteiger partial charge in [0.15, 0.2) is 0 Å². The minimum Gasteiger partial charge on any atom is -0.309 e. The Labute approximate surface area is 200 Å². The van der Waals surface area contributed by atoms with Gasteiger partial charge in [0.1, 0.15) is 5.82 Å². The summed E-state index contributed by atoms with van der Waals surface area (Å²) < 4.78 is 14.1. The van der Waals surface area contributed by atoms with Crippen molar-refractivity contribution in [2.24, 2.45) is 11.8 Å². The molecule has 2 atom stereocenters. The number of amides is 1. The van der Waals surface area contributed by atoms with Crippen LogP contribution in [0.1, 0.15) is 24.5 Å². The number of nitrogens with zero attached hydrogens (tertiary/aromatic N) is 2. The Morgan fingerprint density at radius 1 is 1.19 bits per heavy atom. The number of hydrogen-bond acceptors (Lipinski definition) is 2. The highest BCUT2D eigenvalue weighted by Crippen LogP contribution is 2.39. The third-order valence-electron chi connectivity index (χ3n) is 5.37. The van der Waals surface area contributed by atoms with Crippen LogP contribution in [0.25, 0.3) is 6.08 Å². The number of rotatable bonds is 6. The summed E-state index contributed by atoms with van der Waals surface area (Å²) in [5.74, 6) is -0.262. The Morgan fingerprint density at radius 2 is 1.84 bits per heavy atom. The number of anilines is 1. The predicted molar refractivity (Wildman–Crippen MR) is 131 cm³/mol. The lowest BCUT2D eigenvalue weighted by Gasteiger charge is -2.37. The molecule has 0 aromatic heterocycles. The lowest BCUT2D eigenvalue weighted by atomic mass is 9.85. The Morgan fingerprint density at radius 3 is 2.45 bits per heavy atom. The Kier molecular flexibility index (Phi) is 9.38. The molecule has 0 N–H and O–H groups in total. The number of benzene rings is 2. The Balaban J connectivity index is 0.00000341. The van der Waals surface area contributed by atoms with Gasteiger partial charge < -0.3 is 9.80 Å². The number of carbonyl (C=O) groups is 1. The van der Waals surface area contributed by atoms with Crippen LogP contribution in [0.5, 0.6) is 0 Å². The van der Waals surface area contributed by atoms with E-state index < -0.39 is 0 Å². The monoisotopic (exact) mass is 484 g/mol. The van der Waals surface area contributed by atoms with Gasteiger partial charge in [-0.25, -0.2) is 4.39 Å². The summed E-state index contributed by atoms with van der Waals surface area (Å²) in [5, 5.41) is 0.887. The number of halogens is 4. The van der Waals surface area contributed by atoms with Gasteiger partial charge in [0, 0.05) is 19.0 Å². The van der Waals surface area contributed by atoms with Gasteiger partial charge in [-0.2, -0.15) is 0 Å². The van der Waals surface area contributed by atoms with E-state index in [-0.39, 0.29) is 36.0 Å². The van der Waals surface area contributed by atoms with E-state index in [1.807, 2.05) is 51.4 Å². The smallest absolute Gasteiger partial charge is 0.229 e. The number of carbonyl (C=O) groups excluding carboxylic acids is 1. The van der Waals surface area contributed by atoms with Crippen molar-refractivity contribution in [3.05, 3.63) is 69.5 Å². The average molecular weight is 486 g/mol. The molecule has 1 aliphatic rings. The van der Waals surface area contributed by atoms with Gasteiger partial charge in [-0.05, 0) is 62.2 Å². The summed E-state index contributed by atoms with van der Waals surface area (Å²) in [6, 6.07) is 10.5. The Hall–Kier alpha value is -1.59. The first kappa shape index (κ1) is 25.7. The van der Waals surface area contributed by atoms with E-state index in [1.54, 1.807) is 17.0 Å². The molecule has 1 fully saturated rings. The predicted octanol–water partition coefficient (Wildman–Crippen LogP) is 6.36. The molecular formula is C24H28Cl3FN2O. The largest absolute Gasteiger partial charge is 0.309 e. The zero-order valence-electron chi connectivity index (χ0n) is 17.9. The number of piperidine rings is 1. The minimum atomic E-state index is -0.210. The molecule has 3 rings (SSSR count). The summed E-state index contributed by atoms with van der Waals surface area (Å²) in [7, 11) is 3.99. The zero-order chi connectivity index (χ0) is 21.8. The lowest BCUT2D eigenvalue weighted by Crippen LogP contribution is -2.45. The SMILES string of the molecule is C[C@@H]1C[C@H](Cc2ccccc2F)CN(c2c(Cl)cc(/C=C\CN(C)C)cc2Cl)C1=O.Cl. The third-order valence-corrected chi connectivity index (χ3v) is 5.95. The van der Waals surface area contributed by atoms with Crippen molar-refractivity contribution in [1.82, 2.24) is 4.90 Å². The normalized spacial score (nSPS) is 19.2. The van der Waals surface area contributed by atoms with Crippen molar-refractivity contribution in [2.45, 2.75) is 19.8 Å². The maximum absolute atomic E-state index is 14.1. The van der Waals surface area contributed by atoms with Crippen molar-refractivity contribution >= 4 is 53.3 Å². The van der Waals surface area contributed by atoms with Crippen LogP contribution >= 0.6 is 35.6 Å². The maximum atomic E-state index is 14.1. The standard InChI is InChI=1S/C24H27Cl2FN2O.ClH/c1-16-11-18(12-19-8-4-5-9-22(19)27)15-29(24(16)30)23-20(25)13-17(14-21(23)26)7-6-10-28(2)3;/h4-9,13-14,16,18H,10-12,15H2,1-3H3;1H/b7-6-;/t16-,18-;/m1./s1. The van der Waals surface area contributed by atoms with Gasteiger partial charge in [0.2, 0.25) is 5.91 Å². The van der Waals surface area contributed by atoms with E-state index in [0.717, 1.165) is 12.1 Å². The molecule has 1 aliphatic heterocycles. The summed E-state index contributed by atoms with van der Waals surface area (Å²) >= 11 is 13.1. The summed E-state index contributed by atoms with van der Waals surface area (Å²) in [6.07, 6.45) is 5.27. The molecule has 0 saturated carbocycles. The third kappa shape index (κ3) is 6.45. The lowest BCUT2D eigenvalue weighted by molar-refractivity contribution is -0.124. The second-order valence-electron chi connectivity index (χ2n) is 8.24. The van der Waals surface area contributed by atoms with Crippen LogP contribution in [0.4, 0.5) is 10.1 Å². The molecule has 7 heteroatoms. The molecule has 2 aromatic carbocycles. The molecule has 168 valence electrons. The van der Waals surface area contributed by atoms with E-state index in [1.165, 1.54) is 6.07 Å². The van der Waals surface area contributed by atoms with Crippen LogP contribution in [0.3, 0.4) is 0 Å². The molecule has 1 amide bonds. The molecule has 0 aliphatic carbocycles. The van der Waals surface area contributed by atoms with Crippen LogP contribution < -0.4 is 4.90 Å². The van der Waals surface area contributed by atoms with Gasteiger partial charge in [-0.1, -0.05) is 60.5 Å². The summed E-state index contributed by atoms with van der Waals surface area (Å²) in [6.45, 7) is 3.17. The topological polar surface area (TPSA) is 23.6 Å². The minimum absolute atomic E-state index is 0. The quantitative estimate of drug-likeness (QED) is 0.475. The molecule has 0 bridgehead atoms. The molecule has 3 nitrogen and oxygen atoms in total. The molecule has 2 aromatic rings. The first-order valence-electron chi connectivity index (χ1n) is 10.1. The van der Waals surface area contributed by atoms with Gasteiger partial charge in [0.05, 0.1) is 15.7 Å². The molecule has 0 radical (unpaired) electrons. The molecule has 1 saturated heterocycles. The van der Waals surface area contributed by atoms with Crippen LogP contribution in [0, 0.1) is 17.7 Å². The van der Waals surface area contributed by atoms with Crippen LogP contribution in [0.2, 0.25) is 10.0 Å². The van der Waals surface area contributed by atoms with Crippen LogP contribution in [0.15, 0.2) is 42.5 Å².